The van der Waals surface area contributed by atoms with Gasteiger partial charge in [0.1, 0.15) is 0 Å². The molecule has 0 aliphatic heterocycles. The van der Waals surface area contributed by atoms with Gasteiger partial charge < -0.3 is 5.32 Å². The molecule has 0 aliphatic carbocycles. The highest BCUT2D eigenvalue weighted by Crippen LogP contribution is 2.17. The summed E-state index contributed by atoms with van der Waals surface area (Å²) in [5.74, 6) is 0.00231. The molecule has 53 valence electrons. The Morgan fingerprint density at radius 2 is 2.00 bits per heavy atom. The van der Waals surface area contributed by atoms with E-state index >= 15 is 0 Å². The van der Waals surface area contributed by atoms with Crippen LogP contribution in [0.4, 0.5) is 0 Å². The van der Waals surface area contributed by atoms with Crippen LogP contribution in [0.25, 0.3) is 0 Å². The molecule has 1 amide bonds. The van der Waals surface area contributed by atoms with Crippen LogP contribution in [0.15, 0.2) is 0 Å². The van der Waals surface area contributed by atoms with Gasteiger partial charge in [0.2, 0.25) is 5.91 Å². The lowest BCUT2D eigenvalue weighted by Crippen LogP contribution is -2.22. The minimum atomic E-state index is 0.00231. The summed E-state index contributed by atoms with van der Waals surface area (Å²) in [6.07, 6.45) is 0.538. The Labute approximate surface area is 56.6 Å². The summed E-state index contributed by atoms with van der Waals surface area (Å²) in [6, 6.07) is 0. The molecular weight excluding hydrogens is 114 g/mol. The van der Waals surface area contributed by atoms with Crippen molar-refractivity contribution in [3.8, 4) is 0 Å². The van der Waals surface area contributed by atoms with E-state index in [9.17, 15) is 4.79 Å². The summed E-state index contributed by atoms with van der Waals surface area (Å²) in [5.41, 5.74) is 0.0712. The predicted molar refractivity (Wildman–Crippen MR) is 37.6 cm³/mol. The van der Waals surface area contributed by atoms with Crippen molar-refractivity contribution in [3.05, 3.63) is 7.05 Å². The number of nitrogens with one attached hydrogen (secondary N) is 1. The first-order valence-electron chi connectivity index (χ1n) is 3.01. The largest absolute Gasteiger partial charge is 0.354 e. The minimum absolute atomic E-state index is 0.00231. The fraction of sp³-hybridized carbons (Fsp3) is 0.714. The lowest BCUT2D eigenvalue weighted by atomic mass is 9.92. The van der Waals surface area contributed by atoms with E-state index in [2.05, 4.69) is 12.4 Å². The van der Waals surface area contributed by atoms with Crippen molar-refractivity contribution in [1.29, 1.82) is 0 Å². The molecule has 0 spiro atoms. The highest BCUT2D eigenvalue weighted by molar-refractivity contribution is 5.76. The number of carbonyl (C=O) groups is 1. The molecule has 0 bridgehead atoms. The Bertz CT molecular complexity index is 102. The summed E-state index contributed by atoms with van der Waals surface area (Å²) in [5, 5.41) is 2.33. The second-order valence-corrected chi connectivity index (χ2v) is 3.34. The van der Waals surface area contributed by atoms with Gasteiger partial charge in [0.05, 0.1) is 0 Å². The third kappa shape index (κ3) is 5.34. The Hall–Kier alpha value is -0.530. The van der Waals surface area contributed by atoms with E-state index in [1.165, 1.54) is 0 Å². The van der Waals surface area contributed by atoms with Crippen LogP contribution in [0.2, 0.25) is 0 Å². The van der Waals surface area contributed by atoms with Gasteiger partial charge in [0, 0.05) is 13.5 Å². The molecule has 0 atom stereocenters. The summed E-state index contributed by atoms with van der Waals surface area (Å²) >= 11 is 0. The van der Waals surface area contributed by atoms with Crippen molar-refractivity contribution in [2.45, 2.75) is 27.2 Å². The van der Waals surface area contributed by atoms with Gasteiger partial charge in [0.25, 0.3) is 0 Å². The maximum Gasteiger partial charge on any atom is 0.220 e. The van der Waals surface area contributed by atoms with Crippen LogP contribution in [0.1, 0.15) is 27.2 Å². The van der Waals surface area contributed by atoms with Crippen molar-refractivity contribution in [1.82, 2.24) is 5.32 Å². The molecule has 9 heavy (non-hydrogen) atoms. The average Bonchev–Trinajstić information content (AvgIpc) is 1.62. The van der Waals surface area contributed by atoms with E-state index < -0.39 is 0 Å². The van der Waals surface area contributed by atoms with E-state index in [0.29, 0.717) is 6.42 Å². The van der Waals surface area contributed by atoms with Crippen LogP contribution < -0.4 is 5.32 Å². The van der Waals surface area contributed by atoms with E-state index in [0.717, 1.165) is 0 Å². The summed E-state index contributed by atoms with van der Waals surface area (Å²) < 4.78 is 0. The molecule has 1 N–H and O–H groups in total. The lowest BCUT2D eigenvalue weighted by Gasteiger charge is -2.15. The number of rotatable bonds is 1. The van der Waals surface area contributed by atoms with Gasteiger partial charge in [-0.15, -0.1) is 0 Å². The smallest absolute Gasteiger partial charge is 0.220 e. The molecule has 0 rings (SSSR count). The summed E-state index contributed by atoms with van der Waals surface area (Å²) in [6.45, 7) is 6.05. The highest BCUT2D eigenvalue weighted by Gasteiger charge is 2.13. The van der Waals surface area contributed by atoms with Crippen molar-refractivity contribution >= 4 is 5.91 Å². The van der Waals surface area contributed by atoms with Crippen LogP contribution in [0, 0.1) is 12.5 Å². The number of hydrogen-bond acceptors (Lipinski definition) is 1. The Balaban J connectivity index is 3.60. The van der Waals surface area contributed by atoms with Crippen LogP contribution in [-0.4, -0.2) is 5.91 Å². The van der Waals surface area contributed by atoms with E-state index in [4.69, 9.17) is 0 Å². The summed E-state index contributed by atoms with van der Waals surface area (Å²) in [7, 11) is 3.27. The maximum absolute atomic E-state index is 10.7. The van der Waals surface area contributed by atoms with E-state index in [1.54, 1.807) is 0 Å². The molecule has 0 aliphatic rings. The quantitative estimate of drug-likeness (QED) is 0.567. The zero-order valence-electron chi connectivity index (χ0n) is 6.32. The Morgan fingerprint density at radius 1 is 1.56 bits per heavy atom. The third-order valence-electron chi connectivity index (χ3n) is 0.888. The van der Waals surface area contributed by atoms with Crippen LogP contribution >= 0.6 is 0 Å². The van der Waals surface area contributed by atoms with Crippen molar-refractivity contribution < 1.29 is 4.79 Å². The molecule has 1 radical (unpaired) electrons. The molecule has 0 fully saturated rings. The third-order valence-corrected chi connectivity index (χ3v) is 0.888. The van der Waals surface area contributed by atoms with Gasteiger partial charge in [-0.3, -0.25) is 4.79 Å². The molecule has 2 heteroatoms. The SMILES string of the molecule is [CH2]NC(=O)CC(C)(C)C. The van der Waals surface area contributed by atoms with Gasteiger partial charge in [0.15, 0.2) is 0 Å². The lowest BCUT2D eigenvalue weighted by molar-refractivity contribution is -0.121. The fourth-order valence-electron chi connectivity index (χ4n) is 0.544. The van der Waals surface area contributed by atoms with E-state index in [1.807, 2.05) is 20.8 Å². The molecule has 0 aromatic heterocycles. The van der Waals surface area contributed by atoms with Crippen molar-refractivity contribution in [3.63, 3.8) is 0 Å². The Morgan fingerprint density at radius 3 is 2.11 bits per heavy atom. The number of carbonyl (C=O) groups excluding carboxylic acids is 1. The molecule has 0 aromatic carbocycles. The van der Waals surface area contributed by atoms with Gasteiger partial charge in [-0.25, -0.2) is 0 Å². The molecule has 0 aromatic rings. The number of amides is 1. The minimum Gasteiger partial charge on any atom is -0.354 e. The van der Waals surface area contributed by atoms with Gasteiger partial charge in [-0.05, 0) is 5.41 Å². The molecule has 0 saturated carbocycles. The monoisotopic (exact) mass is 128 g/mol. The second-order valence-electron chi connectivity index (χ2n) is 3.34. The maximum atomic E-state index is 10.7. The van der Waals surface area contributed by atoms with Crippen molar-refractivity contribution in [2.24, 2.45) is 5.41 Å². The zero-order valence-corrected chi connectivity index (χ0v) is 6.32. The summed E-state index contributed by atoms with van der Waals surface area (Å²) in [4.78, 5) is 10.7. The molecular formula is C7H14NO. The van der Waals surface area contributed by atoms with E-state index in [-0.39, 0.29) is 11.3 Å². The molecule has 2 nitrogen and oxygen atoms in total. The van der Waals surface area contributed by atoms with Gasteiger partial charge >= 0.3 is 0 Å². The molecule has 0 heterocycles. The first-order chi connectivity index (χ1) is 3.95. The standard InChI is InChI=1S/C7H14NO/c1-7(2,3)5-6(9)8-4/h4-5H2,1-3H3,(H,8,9). The van der Waals surface area contributed by atoms with Gasteiger partial charge in [-0.1, -0.05) is 20.8 Å². The topological polar surface area (TPSA) is 29.1 Å². The second kappa shape index (κ2) is 2.85. The van der Waals surface area contributed by atoms with Crippen molar-refractivity contribution in [2.75, 3.05) is 0 Å². The average molecular weight is 128 g/mol. The van der Waals surface area contributed by atoms with Crippen LogP contribution in [0.5, 0.6) is 0 Å². The van der Waals surface area contributed by atoms with Crippen LogP contribution in [-0.2, 0) is 4.79 Å². The normalized spacial score (nSPS) is 11.1. The predicted octanol–water partition coefficient (Wildman–Crippen LogP) is 1.33. The van der Waals surface area contributed by atoms with Crippen LogP contribution in [0.3, 0.4) is 0 Å². The molecule has 0 unspecified atom stereocenters. The fourth-order valence-corrected chi connectivity index (χ4v) is 0.544. The zero-order chi connectivity index (χ0) is 7.49. The highest BCUT2D eigenvalue weighted by atomic mass is 16.1. The Kier molecular flexibility index (Phi) is 2.68. The number of hydrogen-bond donors (Lipinski definition) is 1. The van der Waals surface area contributed by atoms with Gasteiger partial charge in [-0.2, -0.15) is 0 Å². The first kappa shape index (κ1) is 8.47. The molecule has 0 saturated heterocycles. The first-order valence-corrected chi connectivity index (χ1v) is 3.01.